The van der Waals surface area contributed by atoms with Gasteiger partial charge in [-0.1, -0.05) is 68.1 Å². The summed E-state index contributed by atoms with van der Waals surface area (Å²) in [6.07, 6.45) is 7.45. The Morgan fingerprint density at radius 1 is 1.05 bits per heavy atom. The van der Waals surface area contributed by atoms with Gasteiger partial charge in [-0.05, 0) is 61.9 Å². The molecule has 208 valence electrons. The monoisotopic (exact) mass is 561 g/mol. The summed E-state index contributed by atoms with van der Waals surface area (Å²) in [6, 6.07) is 14.1. The van der Waals surface area contributed by atoms with Gasteiger partial charge in [0.2, 0.25) is 21.8 Å². The molecule has 0 unspecified atom stereocenters. The van der Waals surface area contributed by atoms with Crippen molar-refractivity contribution in [2.75, 3.05) is 17.1 Å². The number of nitrogens with zero attached hydrogens (tertiary/aromatic N) is 2. The Kier molecular flexibility index (Phi) is 11.0. The molecule has 7 nitrogen and oxygen atoms in total. The number of halogens is 1. The molecule has 1 N–H and O–H groups in total. The highest BCUT2D eigenvalue weighted by Crippen LogP contribution is 2.24. The van der Waals surface area contributed by atoms with Crippen LogP contribution in [0.4, 0.5) is 5.69 Å². The molecule has 38 heavy (non-hydrogen) atoms. The zero-order valence-electron chi connectivity index (χ0n) is 22.7. The average molecular weight is 562 g/mol. The largest absolute Gasteiger partial charge is 0.352 e. The van der Waals surface area contributed by atoms with Crippen molar-refractivity contribution in [3.8, 4) is 0 Å². The van der Waals surface area contributed by atoms with Crippen LogP contribution in [0.3, 0.4) is 0 Å². The molecular weight excluding hydrogens is 522 g/mol. The van der Waals surface area contributed by atoms with Crippen molar-refractivity contribution < 1.29 is 18.0 Å². The van der Waals surface area contributed by atoms with Crippen LogP contribution in [-0.4, -0.2) is 50.0 Å². The first-order chi connectivity index (χ1) is 18.1. The van der Waals surface area contributed by atoms with E-state index < -0.39 is 16.1 Å². The van der Waals surface area contributed by atoms with E-state index in [0.29, 0.717) is 23.6 Å². The van der Waals surface area contributed by atoms with Crippen LogP contribution in [0.15, 0.2) is 48.5 Å². The number of amides is 2. The van der Waals surface area contributed by atoms with Crippen LogP contribution in [-0.2, 0) is 26.2 Å². The van der Waals surface area contributed by atoms with Crippen LogP contribution in [0.25, 0.3) is 0 Å². The molecule has 1 fully saturated rings. The molecule has 2 amide bonds. The van der Waals surface area contributed by atoms with E-state index >= 15 is 0 Å². The Morgan fingerprint density at radius 2 is 1.71 bits per heavy atom. The van der Waals surface area contributed by atoms with E-state index in [1.54, 1.807) is 29.2 Å². The number of carbonyl (C=O) groups excluding carboxylic acids is 2. The second-order valence-corrected chi connectivity index (χ2v) is 12.5. The average Bonchev–Trinajstić information content (AvgIpc) is 2.88. The third kappa shape index (κ3) is 8.46. The fourth-order valence-corrected chi connectivity index (χ4v) is 6.22. The van der Waals surface area contributed by atoms with Crippen molar-refractivity contribution in [1.82, 2.24) is 10.2 Å². The molecule has 2 aromatic carbocycles. The molecule has 1 aliphatic carbocycles. The van der Waals surface area contributed by atoms with Gasteiger partial charge in [0.1, 0.15) is 6.04 Å². The van der Waals surface area contributed by atoms with Gasteiger partial charge in [0.05, 0.1) is 11.9 Å². The molecule has 0 bridgehead atoms. The van der Waals surface area contributed by atoms with Gasteiger partial charge < -0.3 is 10.2 Å². The third-order valence-corrected chi connectivity index (χ3v) is 8.57. The number of hydrogen-bond donors (Lipinski definition) is 1. The van der Waals surface area contributed by atoms with E-state index in [9.17, 15) is 18.0 Å². The molecule has 1 aliphatic rings. The molecule has 0 saturated heterocycles. The van der Waals surface area contributed by atoms with Gasteiger partial charge in [0, 0.05) is 30.6 Å². The fraction of sp³-hybridized carbons (Fsp3) is 0.517. The van der Waals surface area contributed by atoms with Crippen molar-refractivity contribution in [2.45, 2.75) is 83.8 Å². The lowest BCUT2D eigenvalue weighted by molar-refractivity contribution is -0.141. The molecule has 0 aromatic heterocycles. The summed E-state index contributed by atoms with van der Waals surface area (Å²) in [5.74, 6) is -0.303. The second kappa shape index (κ2) is 14.0. The molecule has 1 saturated carbocycles. The summed E-state index contributed by atoms with van der Waals surface area (Å²) in [4.78, 5) is 28.6. The third-order valence-electron chi connectivity index (χ3n) is 7.14. The van der Waals surface area contributed by atoms with E-state index in [1.165, 1.54) is 17.0 Å². The zero-order valence-corrected chi connectivity index (χ0v) is 24.2. The van der Waals surface area contributed by atoms with Crippen LogP contribution < -0.4 is 9.62 Å². The molecule has 1 atom stereocenters. The van der Waals surface area contributed by atoms with Crippen LogP contribution in [0.2, 0.25) is 5.02 Å². The number of aryl methyl sites for hydroxylation is 1. The van der Waals surface area contributed by atoms with Crippen LogP contribution in [0, 0.1) is 6.92 Å². The van der Waals surface area contributed by atoms with Crippen LogP contribution >= 0.6 is 11.6 Å². The molecule has 0 radical (unpaired) electrons. The summed E-state index contributed by atoms with van der Waals surface area (Å²) >= 11 is 6.06. The quantitative estimate of drug-likeness (QED) is 0.373. The Balaban J connectivity index is 1.76. The van der Waals surface area contributed by atoms with Crippen molar-refractivity contribution in [2.24, 2.45) is 0 Å². The Hall–Kier alpha value is -2.58. The number of anilines is 1. The first kappa shape index (κ1) is 30.0. The molecular formula is C29H40ClN3O4S. The number of benzene rings is 2. The molecule has 0 aliphatic heterocycles. The minimum absolute atomic E-state index is 0.124. The van der Waals surface area contributed by atoms with Gasteiger partial charge in [-0.2, -0.15) is 0 Å². The Morgan fingerprint density at radius 3 is 2.32 bits per heavy atom. The molecule has 9 heteroatoms. The SMILES string of the molecule is CC[C@H](C(=O)NC1CCCCC1)N(Cc1ccc(Cl)cc1)C(=O)CCCN(c1ccccc1C)S(C)(=O)=O. The molecule has 2 aromatic rings. The normalized spacial score (nSPS) is 15.1. The van der Waals surface area contributed by atoms with Crippen molar-refractivity contribution >= 4 is 39.1 Å². The second-order valence-electron chi connectivity index (χ2n) is 10.1. The van der Waals surface area contributed by atoms with Gasteiger partial charge >= 0.3 is 0 Å². The van der Waals surface area contributed by atoms with Crippen molar-refractivity contribution in [1.29, 1.82) is 0 Å². The highest BCUT2D eigenvalue weighted by Gasteiger charge is 2.30. The number of rotatable bonds is 12. The minimum Gasteiger partial charge on any atom is -0.352 e. The van der Waals surface area contributed by atoms with Gasteiger partial charge in [-0.25, -0.2) is 8.42 Å². The molecule has 0 heterocycles. The summed E-state index contributed by atoms with van der Waals surface area (Å²) in [7, 11) is -3.53. The standard InChI is InChI=1S/C29H40ClN3O4S/c1-4-26(29(35)31-25-12-6-5-7-13-25)32(21-23-16-18-24(30)19-17-23)28(34)15-10-20-33(38(3,36)37)27-14-9-8-11-22(27)2/h8-9,11,14,16-19,25-26H,4-7,10,12-13,15,20-21H2,1-3H3,(H,31,35)/t26-/m1/s1. The zero-order chi connectivity index (χ0) is 27.7. The Bertz CT molecular complexity index is 1180. The number of para-hydroxylation sites is 1. The lowest BCUT2D eigenvalue weighted by Gasteiger charge is -2.33. The topological polar surface area (TPSA) is 86.8 Å². The summed E-state index contributed by atoms with van der Waals surface area (Å²) in [5, 5.41) is 3.78. The predicted octanol–water partition coefficient (Wildman–Crippen LogP) is 5.45. The highest BCUT2D eigenvalue weighted by molar-refractivity contribution is 7.92. The van der Waals surface area contributed by atoms with E-state index in [2.05, 4.69) is 5.32 Å². The number of sulfonamides is 1. The van der Waals surface area contributed by atoms with Gasteiger partial charge in [-0.3, -0.25) is 13.9 Å². The summed E-state index contributed by atoms with van der Waals surface area (Å²) < 4.78 is 26.5. The first-order valence-electron chi connectivity index (χ1n) is 13.5. The van der Waals surface area contributed by atoms with Crippen molar-refractivity contribution in [3.05, 3.63) is 64.7 Å². The maximum absolute atomic E-state index is 13.6. The van der Waals surface area contributed by atoms with E-state index in [0.717, 1.165) is 36.8 Å². The number of nitrogens with one attached hydrogen (secondary N) is 1. The van der Waals surface area contributed by atoms with E-state index in [1.807, 2.05) is 38.1 Å². The van der Waals surface area contributed by atoms with Gasteiger partial charge in [-0.15, -0.1) is 0 Å². The van der Waals surface area contributed by atoms with Gasteiger partial charge in [0.25, 0.3) is 0 Å². The maximum atomic E-state index is 13.6. The minimum atomic E-state index is -3.53. The molecule has 3 rings (SSSR count). The first-order valence-corrected chi connectivity index (χ1v) is 15.7. The van der Waals surface area contributed by atoms with Crippen molar-refractivity contribution in [3.63, 3.8) is 0 Å². The van der Waals surface area contributed by atoms with E-state index in [4.69, 9.17) is 11.6 Å². The molecule has 0 spiro atoms. The summed E-state index contributed by atoms with van der Waals surface area (Å²) in [5.41, 5.74) is 2.34. The lowest BCUT2D eigenvalue weighted by atomic mass is 9.95. The van der Waals surface area contributed by atoms with Crippen LogP contribution in [0.5, 0.6) is 0 Å². The number of hydrogen-bond acceptors (Lipinski definition) is 4. The summed E-state index contributed by atoms with van der Waals surface area (Å²) in [6.45, 7) is 4.23. The highest BCUT2D eigenvalue weighted by atomic mass is 35.5. The van der Waals surface area contributed by atoms with Gasteiger partial charge in [0.15, 0.2) is 0 Å². The Labute approximate surface area is 232 Å². The predicted molar refractivity (Wildman–Crippen MR) is 154 cm³/mol. The fourth-order valence-electron chi connectivity index (χ4n) is 5.08. The lowest BCUT2D eigenvalue weighted by Crippen LogP contribution is -2.51. The number of carbonyl (C=O) groups is 2. The smallest absolute Gasteiger partial charge is 0.243 e. The van der Waals surface area contributed by atoms with E-state index in [-0.39, 0.29) is 37.4 Å². The van der Waals surface area contributed by atoms with Crippen LogP contribution in [0.1, 0.15) is 69.4 Å². The maximum Gasteiger partial charge on any atom is 0.243 e.